The van der Waals surface area contributed by atoms with Crippen LogP contribution in [0.1, 0.15) is 25.7 Å². The van der Waals surface area contributed by atoms with Crippen LogP contribution in [0.25, 0.3) is 0 Å². The predicted molar refractivity (Wildman–Crippen MR) is 77.4 cm³/mol. The molecule has 0 radical (unpaired) electrons. The Labute approximate surface area is 109 Å². The van der Waals surface area contributed by atoms with Gasteiger partial charge in [0.05, 0.1) is 4.99 Å². The number of hydrogen-bond donors (Lipinski definition) is 1. The van der Waals surface area contributed by atoms with Crippen molar-refractivity contribution in [2.75, 3.05) is 18.5 Å². The van der Waals surface area contributed by atoms with Crippen molar-refractivity contribution in [3.8, 4) is 0 Å². The van der Waals surface area contributed by atoms with Crippen LogP contribution in [-0.4, -0.2) is 18.6 Å². The van der Waals surface area contributed by atoms with E-state index in [1.807, 2.05) is 6.07 Å². The molecular weight excluding hydrogens is 228 g/mol. The minimum absolute atomic E-state index is 0.0555. The monoisotopic (exact) mass is 248 g/mol. The molecule has 3 heteroatoms. The van der Waals surface area contributed by atoms with Gasteiger partial charge in [0.1, 0.15) is 0 Å². The minimum atomic E-state index is 0.0555. The molecule has 0 bridgehead atoms. The van der Waals surface area contributed by atoms with E-state index >= 15 is 0 Å². The van der Waals surface area contributed by atoms with E-state index in [1.165, 1.54) is 18.5 Å². The molecule has 0 aromatic heterocycles. The zero-order chi connectivity index (χ0) is 12.3. The van der Waals surface area contributed by atoms with Gasteiger partial charge < -0.3 is 10.6 Å². The highest BCUT2D eigenvalue weighted by Crippen LogP contribution is 2.39. The number of thiocarbonyl (C=S) groups is 1. The molecule has 1 aromatic rings. The van der Waals surface area contributed by atoms with E-state index in [0.29, 0.717) is 4.99 Å². The smallest absolute Gasteiger partial charge is 0.0807 e. The van der Waals surface area contributed by atoms with Crippen LogP contribution in [0.5, 0.6) is 0 Å². The molecule has 0 atom stereocenters. The van der Waals surface area contributed by atoms with Gasteiger partial charge in [-0.1, -0.05) is 43.3 Å². The molecule has 2 rings (SSSR count). The van der Waals surface area contributed by atoms with Crippen LogP contribution >= 0.6 is 12.2 Å². The molecule has 0 spiro atoms. The maximum Gasteiger partial charge on any atom is 0.0807 e. The highest BCUT2D eigenvalue weighted by atomic mass is 32.1. The Morgan fingerprint density at radius 2 is 1.88 bits per heavy atom. The van der Waals surface area contributed by atoms with Crippen molar-refractivity contribution in [2.45, 2.75) is 25.7 Å². The van der Waals surface area contributed by atoms with Crippen LogP contribution in [0.4, 0.5) is 5.69 Å². The summed E-state index contributed by atoms with van der Waals surface area (Å²) in [5.41, 5.74) is 7.25. The molecule has 0 unspecified atom stereocenters. The van der Waals surface area contributed by atoms with Gasteiger partial charge in [0, 0.05) is 24.7 Å². The van der Waals surface area contributed by atoms with Gasteiger partial charge in [0.25, 0.3) is 0 Å². The van der Waals surface area contributed by atoms with E-state index in [0.717, 1.165) is 19.4 Å². The standard InChI is InChI=1S/C14H20N2S/c1-16(12-7-3-2-4-8-12)11-14(13(15)17)9-5-6-10-14/h2-4,7-8H,5-6,9-11H2,1H3,(H2,15,17). The number of rotatable bonds is 4. The van der Waals surface area contributed by atoms with Gasteiger partial charge in [-0.15, -0.1) is 0 Å². The summed E-state index contributed by atoms with van der Waals surface area (Å²) in [6, 6.07) is 10.4. The molecule has 0 saturated heterocycles. The van der Waals surface area contributed by atoms with E-state index < -0.39 is 0 Å². The first-order valence-electron chi connectivity index (χ1n) is 6.20. The van der Waals surface area contributed by atoms with E-state index in [-0.39, 0.29) is 5.41 Å². The molecule has 2 nitrogen and oxygen atoms in total. The van der Waals surface area contributed by atoms with Crippen molar-refractivity contribution in [3.05, 3.63) is 30.3 Å². The molecule has 1 aliphatic rings. The summed E-state index contributed by atoms with van der Waals surface area (Å²) < 4.78 is 0. The summed E-state index contributed by atoms with van der Waals surface area (Å²) in [5.74, 6) is 0. The lowest BCUT2D eigenvalue weighted by molar-refractivity contribution is 0.441. The Morgan fingerprint density at radius 3 is 2.41 bits per heavy atom. The van der Waals surface area contributed by atoms with Gasteiger partial charge in [0.2, 0.25) is 0 Å². The Hall–Kier alpha value is -1.09. The summed E-state index contributed by atoms with van der Waals surface area (Å²) >= 11 is 5.29. The van der Waals surface area contributed by atoms with Crippen LogP contribution in [0.15, 0.2) is 30.3 Å². The molecule has 0 heterocycles. The van der Waals surface area contributed by atoms with Crippen molar-refractivity contribution < 1.29 is 0 Å². The van der Waals surface area contributed by atoms with Gasteiger partial charge in [0.15, 0.2) is 0 Å². The zero-order valence-electron chi connectivity index (χ0n) is 10.4. The first kappa shape index (κ1) is 12.4. The number of nitrogens with zero attached hydrogens (tertiary/aromatic N) is 1. The molecule has 17 heavy (non-hydrogen) atoms. The van der Waals surface area contributed by atoms with Crippen LogP contribution in [0.2, 0.25) is 0 Å². The average Bonchev–Trinajstić information content (AvgIpc) is 2.80. The van der Waals surface area contributed by atoms with E-state index in [4.69, 9.17) is 18.0 Å². The molecule has 0 amide bonds. The summed E-state index contributed by atoms with van der Waals surface area (Å²) in [5, 5.41) is 0. The second-order valence-corrected chi connectivity index (χ2v) is 5.48. The Kier molecular flexibility index (Phi) is 3.67. The quantitative estimate of drug-likeness (QED) is 0.831. The van der Waals surface area contributed by atoms with Crippen LogP contribution in [0, 0.1) is 5.41 Å². The Morgan fingerprint density at radius 1 is 1.29 bits per heavy atom. The van der Waals surface area contributed by atoms with Crippen molar-refractivity contribution in [3.63, 3.8) is 0 Å². The average molecular weight is 248 g/mol. The van der Waals surface area contributed by atoms with E-state index in [1.54, 1.807) is 0 Å². The fourth-order valence-electron chi connectivity index (χ4n) is 2.76. The lowest BCUT2D eigenvalue weighted by Gasteiger charge is -2.33. The van der Waals surface area contributed by atoms with Gasteiger partial charge >= 0.3 is 0 Å². The first-order valence-corrected chi connectivity index (χ1v) is 6.61. The van der Waals surface area contributed by atoms with Crippen LogP contribution in [0.3, 0.4) is 0 Å². The maximum atomic E-state index is 5.96. The Balaban J connectivity index is 2.11. The SMILES string of the molecule is CN(CC1(C(N)=S)CCCC1)c1ccccc1. The number of benzene rings is 1. The third kappa shape index (κ3) is 2.60. The molecule has 1 aromatic carbocycles. The fraction of sp³-hybridized carbons (Fsp3) is 0.500. The number of anilines is 1. The predicted octanol–water partition coefficient (Wildman–Crippen LogP) is 2.97. The van der Waals surface area contributed by atoms with Crippen LogP contribution in [-0.2, 0) is 0 Å². The summed E-state index contributed by atoms with van der Waals surface area (Å²) in [4.78, 5) is 2.96. The molecule has 92 valence electrons. The highest BCUT2D eigenvalue weighted by Gasteiger charge is 2.37. The topological polar surface area (TPSA) is 29.3 Å². The second-order valence-electron chi connectivity index (χ2n) is 5.04. The number of nitrogens with two attached hydrogens (primary N) is 1. The zero-order valence-corrected chi connectivity index (χ0v) is 11.2. The minimum Gasteiger partial charge on any atom is -0.393 e. The molecule has 1 aliphatic carbocycles. The summed E-state index contributed by atoms with van der Waals surface area (Å²) in [7, 11) is 2.12. The normalized spacial score (nSPS) is 17.9. The van der Waals surface area contributed by atoms with Crippen molar-refractivity contribution in [2.24, 2.45) is 11.1 Å². The van der Waals surface area contributed by atoms with Gasteiger partial charge in [-0.25, -0.2) is 0 Å². The molecular formula is C14H20N2S. The molecule has 1 saturated carbocycles. The third-order valence-electron chi connectivity index (χ3n) is 3.82. The molecule has 0 aliphatic heterocycles. The van der Waals surface area contributed by atoms with E-state index in [9.17, 15) is 0 Å². The first-order chi connectivity index (χ1) is 8.14. The lowest BCUT2D eigenvalue weighted by Crippen LogP contribution is -2.42. The maximum absolute atomic E-state index is 5.96. The largest absolute Gasteiger partial charge is 0.393 e. The number of hydrogen-bond acceptors (Lipinski definition) is 2. The van der Waals surface area contributed by atoms with Crippen molar-refractivity contribution >= 4 is 22.9 Å². The molecule has 2 N–H and O–H groups in total. The van der Waals surface area contributed by atoms with Gasteiger partial charge in [-0.3, -0.25) is 0 Å². The Bertz CT molecular complexity index is 382. The highest BCUT2D eigenvalue weighted by molar-refractivity contribution is 7.80. The van der Waals surface area contributed by atoms with Crippen molar-refractivity contribution in [1.82, 2.24) is 0 Å². The van der Waals surface area contributed by atoms with Gasteiger partial charge in [-0.2, -0.15) is 0 Å². The molecule has 1 fully saturated rings. The second kappa shape index (κ2) is 5.05. The summed E-state index contributed by atoms with van der Waals surface area (Å²) in [6.07, 6.45) is 4.78. The fourth-order valence-corrected chi connectivity index (χ4v) is 3.03. The van der Waals surface area contributed by atoms with Crippen molar-refractivity contribution in [1.29, 1.82) is 0 Å². The van der Waals surface area contributed by atoms with E-state index in [2.05, 4.69) is 36.2 Å². The third-order valence-corrected chi connectivity index (χ3v) is 4.25. The summed E-state index contributed by atoms with van der Waals surface area (Å²) in [6.45, 7) is 0.937. The van der Waals surface area contributed by atoms with Gasteiger partial charge in [-0.05, 0) is 25.0 Å². The lowest BCUT2D eigenvalue weighted by atomic mass is 9.85. The van der Waals surface area contributed by atoms with Crippen LogP contribution < -0.4 is 10.6 Å². The number of para-hydroxylation sites is 1.